The number of carbonyl (C=O) groups is 1. The SMILES string of the molecule is CCC1CCN(CC(O)(CC)CC)C(C(=O)O)C1. The summed E-state index contributed by atoms with van der Waals surface area (Å²) in [7, 11) is 0. The molecule has 1 rings (SSSR count). The van der Waals surface area contributed by atoms with Gasteiger partial charge in [-0.2, -0.15) is 0 Å². The summed E-state index contributed by atoms with van der Waals surface area (Å²) in [6, 6.07) is -0.423. The van der Waals surface area contributed by atoms with Crippen LogP contribution < -0.4 is 0 Å². The van der Waals surface area contributed by atoms with E-state index in [0.717, 1.165) is 25.8 Å². The Morgan fingerprint density at radius 3 is 2.39 bits per heavy atom. The highest BCUT2D eigenvalue weighted by Crippen LogP contribution is 2.28. The number of rotatable bonds is 6. The summed E-state index contributed by atoms with van der Waals surface area (Å²) in [5.41, 5.74) is -0.743. The molecule has 1 aliphatic heterocycles. The van der Waals surface area contributed by atoms with Crippen LogP contribution in [0, 0.1) is 5.92 Å². The second-order valence-corrected chi connectivity index (χ2v) is 5.55. The van der Waals surface area contributed by atoms with E-state index in [-0.39, 0.29) is 0 Å². The monoisotopic (exact) mass is 257 g/mol. The Hall–Kier alpha value is -0.610. The molecule has 1 heterocycles. The molecule has 1 fully saturated rings. The summed E-state index contributed by atoms with van der Waals surface area (Å²) in [5.74, 6) is -0.235. The van der Waals surface area contributed by atoms with Crippen LogP contribution in [-0.4, -0.2) is 45.8 Å². The molecule has 2 atom stereocenters. The zero-order valence-electron chi connectivity index (χ0n) is 11.9. The number of nitrogens with zero attached hydrogens (tertiary/aromatic N) is 1. The van der Waals surface area contributed by atoms with Crippen LogP contribution in [0.5, 0.6) is 0 Å². The molecule has 0 aromatic heterocycles. The van der Waals surface area contributed by atoms with Crippen LogP contribution >= 0.6 is 0 Å². The lowest BCUT2D eigenvalue weighted by Crippen LogP contribution is -2.53. The highest BCUT2D eigenvalue weighted by Gasteiger charge is 2.36. The number of hydrogen-bond acceptors (Lipinski definition) is 3. The average molecular weight is 257 g/mol. The largest absolute Gasteiger partial charge is 0.480 e. The van der Waals surface area contributed by atoms with Crippen LogP contribution in [0.3, 0.4) is 0 Å². The maximum Gasteiger partial charge on any atom is 0.320 e. The van der Waals surface area contributed by atoms with Crippen LogP contribution in [0.25, 0.3) is 0 Å². The molecule has 106 valence electrons. The van der Waals surface area contributed by atoms with Crippen molar-refractivity contribution in [1.82, 2.24) is 4.90 Å². The number of β-amino-alcohol motifs (C(OH)–C–C–N with tert-alkyl or cyclic N) is 1. The normalized spacial score (nSPS) is 26.2. The fraction of sp³-hybridized carbons (Fsp3) is 0.929. The van der Waals surface area contributed by atoms with Gasteiger partial charge < -0.3 is 10.2 Å². The van der Waals surface area contributed by atoms with Crippen LogP contribution in [0.15, 0.2) is 0 Å². The Morgan fingerprint density at radius 1 is 1.33 bits per heavy atom. The topological polar surface area (TPSA) is 60.8 Å². The number of aliphatic carboxylic acids is 1. The molecule has 0 bridgehead atoms. The first-order valence-electron chi connectivity index (χ1n) is 7.15. The van der Waals surface area contributed by atoms with Gasteiger partial charge in [-0.1, -0.05) is 27.2 Å². The van der Waals surface area contributed by atoms with Crippen molar-refractivity contribution in [1.29, 1.82) is 0 Å². The van der Waals surface area contributed by atoms with Gasteiger partial charge in [0, 0.05) is 6.54 Å². The highest BCUT2D eigenvalue weighted by molar-refractivity contribution is 5.73. The molecule has 0 aliphatic carbocycles. The van der Waals surface area contributed by atoms with E-state index in [9.17, 15) is 15.0 Å². The molecule has 18 heavy (non-hydrogen) atoms. The van der Waals surface area contributed by atoms with Crippen molar-refractivity contribution in [3.05, 3.63) is 0 Å². The molecule has 1 aliphatic rings. The summed E-state index contributed by atoms with van der Waals surface area (Å²) in [6.45, 7) is 7.30. The maximum absolute atomic E-state index is 11.4. The molecule has 4 heteroatoms. The Kier molecular flexibility index (Phi) is 5.60. The van der Waals surface area contributed by atoms with Gasteiger partial charge in [-0.05, 0) is 38.1 Å². The van der Waals surface area contributed by atoms with Gasteiger partial charge in [0.15, 0.2) is 0 Å². The predicted molar refractivity (Wildman–Crippen MR) is 71.5 cm³/mol. The Labute approximate surface area is 110 Å². The first-order chi connectivity index (χ1) is 8.45. The summed E-state index contributed by atoms with van der Waals surface area (Å²) >= 11 is 0. The third-order valence-corrected chi connectivity index (χ3v) is 4.50. The summed E-state index contributed by atoms with van der Waals surface area (Å²) < 4.78 is 0. The summed E-state index contributed by atoms with van der Waals surface area (Å²) in [4.78, 5) is 13.3. The van der Waals surface area contributed by atoms with Gasteiger partial charge in [-0.3, -0.25) is 9.69 Å². The van der Waals surface area contributed by atoms with Gasteiger partial charge in [-0.25, -0.2) is 0 Å². The first-order valence-corrected chi connectivity index (χ1v) is 7.15. The molecule has 0 aromatic rings. The Balaban J connectivity index is 2.71. The second-order valence-electron chi connectivity index (χ2n) is 5.55. The van der Waals surface area contributed by atoms with E-state index in [2.05, 4.69) is 6.92 Å². The third kappa shape index (κ3) is 3.69. The maximum atomic E-state index is 11.4. The Bertz CT molecular complexity index is 276. The zero-order valence-corrected chi connectivity index (χ0v) is 11.9. The predicted octanol–water partition coefficient (Wildman–Crippen LogP) is 2.11. The molecule has 4 nitrogen and oxygen atoms in total. The molecule has 0 aromatic carbocycles. The van der Waals surface area contributed by atoms with Crippen LogP contribution in [0.4, 0.5) is 0 Å². The van der Waals surface area contributed by atoms with Crippen molar-refractivity contribution in [2.45, 2.75) is 64.5 Å². The van der Waals surface area contributed by atoms with Crippen LogP contribution in [0.2, 0.25) is 0 Å². The quantitative estimate of drug-likeness (QED) is 0.765. The zero-order chi connectivity index (χ0) is 13.8. The molecule has 2 unspecified atom stereocenters. The smallest absolute Gasteiger partial charge is 0.320 e. The average Bonchev–Trinajstić information content (AvgIpc) is 2.38. The third-order valence-electron chi connectivity index (χ3n) is 4.50. The highest BCUT2D eigenvalue weighted by atomic mass is 16.4. The number of carboxylic acid groups (broad SMARTS) is 1. The second kappa shape index (κ2) is 6.53. The van der Waals surface area contributed by atoms with E-state index in [0.29, 0.717) is 25.3 Å². The lowest BCUT2D eigenvalue weighted by atomic mass is 9.87. The molecule has 0 spiro atoms. The standard InChI is InChI=1S/C14H27NO3/c1-4-11-7-8-15(12(9-11)13(16)17)10-14(18,5-2)6-3/h11-12,18H,4-10H2,1-3H3,(H,16,17). The minimum absolute atomic E-state index is 0.423. The van der Waals surface area contributed by atoms with Crippen molar-refractivity contribution in [2.75, 3.05) is 13.1 Å². The molecular weight excluding hydrogens is 230 g/mol. The van der Waals surface area contributed by atoms with E-state index in [1.54, 1.807) is 0 Å². The van der Waals surface area contributed by atoms with Crippen molar-refractivity contribution in [2.24, 2.45) is 5.92 Å². The van der Waals surface area contributed by atoms with Crippen molar-refractivity contribution in [3.63, 3.8) is 0 Å². The Morgan fingerprint density at radius 2 is 1.94 bits per heavy atom. The number of likely N-dealkylation sites (tertiary alicyclic amines) is 1. The van der Waals surface area contributed by atoms with Gasteiger partial charge in [0.05, 0.1) is 5.60 Å². The number of piperidine rings is 1. The molecular formula is C14H27NO3. The fourth-order valence-corrected chi connectivity index (χ4v) is 2.76. The summed E-state index contributed by atoms with van der Waals surface area (Å²) in [6.07, 6.45) is 4.15. The minimum atomic E-state index is -0.747. The van der Waals surface area contributed by atoms with Crippen molar-refractivity contribution in [3.8, 4) is 0 Å². The molecule has 2 N–H and O–H groups in total. The molecule has 1 saturated heterocycles. The number of carboxylic acids is 1. The van der Waals surface area contributed by atoms with Gasteiger partial charge in [0.2, 0.25) is 0 Å². The van der Waals surface area contributed by atoms with Crippen LogP contribution in [-0.2, 0) is 4.79 Å². The molecule has 0 saturated carbocycles. The van der Waals surface area contributed by atoms with E-state index in [1.807, 2.05) is 18.7 Å². The van der Waals surface area contributed by atoms with Gasteiger partial charge >= 0.3 is 5.97 Å². The fourth-order valence-electron chi connectivity index (χ4n) is 2.76. The summed E-state index contributed by atoms with van der Waals surface area (Å²) in [5, 5.41) is 19.7. The first kappa shape index (κ1) is 15.4. The van der Waals surface area contributed by atoms with E-state index in [4.69, 9.17) is 0 Å². The molecule has 0 radical (unpaired) electrons. The van der Waals surface area contributed by atoms with Gasteiger partial charge in [0.25, 0.3) is 0 Å². The molecule has 0 amide bonds. The van der Waals surface area contributed by atoms with E-state index < -0.39 is 17.6 Å². The van der Waals surface area contributed by atoms with Crippen molar-refractivity contribution >= 4 is 5.97 Å². The number of aliphatic hydroxyl groups is 1. The van der Waals surface area contributed by atoms with Gasteiger partial charge in [-0.15, -0.1) is 0 Å². The van der Waals surface area contributed by atoms with Crippen molar-refractivity contribution < 1.29 is 15.0 Å². The van der Waals surface area contributed by atoms with E-state index in [1.165, 1.54) is 0 Å². The van der Waals surface area contributed by atoms with Crippen LogP contribution in [0.1, 0.15) is 52.9 Å². The number of hydrogen-bond donors (Lipinski definition) is 2. The lowest BCUT2D eigenvalue weighted by Gasteiger charge is -2.41. The lowest BCUT2D eigenvalue weighted by molar-refractivity contribution is -0.147. The van der Waals surface area contributed by atoms with E-state index >= 15 is 0 Å². The minimum Gasteiger partial charge on any atom is -0.480 e. The van der Waals surface area contributed by atoms with Gasteiger partial charge in [0.1, 0.15) is 6.04 Å².